The molecular weight excluding hydrogens is 385 g/mol. The molecule has 2 unspecified atom stereocenters. The molecule has 1 rings (SSSR count). The number of amides is 1. The molecule has 1 saturated heterocycles. The number of rotatable bonds is 7. The van der Waals surface area contributed by atoms with Gasteiger partial charge in [0, 0.05) is 6.92 Å². The highest BCUT2D eigenvalue weighted by Gasteiger charge is 2.64. The Morgan fingerprint density at radius 3 is 2.31 bits per heavy atom. The van der Waals surface area contributed by atoms with Crippen molar-refractivity contribution < 1.29 is 56.8 Å². The summed E-state index contributed by atoms with van der Waals surface area (Å²) < 4.78 is 46.3. The van der Waals surface area contributed by atoms with Crippen molar-refractivity contribution in [2.45, 2.75) is 49.3 Å². The van der Waals surface area contributed by atoms with Crippen molar-refractivity contribution in [3.8, 4) is 0 Å². The third-order valence-electron chi connectivity index (χ3n) is 3.56. The summed E-state index contributed by atoms with van der Waals surface area (Å²) in [5.74, 6) is -6.72. The van der Waals surface area contributed by atoms with Crippen LogP contribution >= 0.6 is 0 Å². The SMILES string of the molecule is CC(=O)N[C@H]1C([C@H](O)[C@H](O)CO)O[C@](OS(C)(=O)=O)(C(=O)O)[C@@H](F)C1O. The zero-order chi connectivity index (χ0) is 20.4. The predicted molar refractivity (Wildman–Crippen MR) is 78.8 cm³/mol. The van der Waals surface area contributed by atoms with Crippen LogP contribution in [0.4, 0.5) is 4.39 Å². The molecule has 6 N–H and O–H groups in total. The van der Waals surface area contributed by atoms with Gasteiger partial charge < -0.3 is 35.6 Å². The standard InChI is InChI=1S/C12H20FNO11S/c1-4(16)14-6-8(19)10(13)12(11(20)21,25-26(2,22)23)24-9(6)7(18)5(17)3-15/h5-10,15,17-19H,3H2,1-2H3,(H,14,16)(H,20,21)/t5-,6-,7-,8?,9?,10+,12-/m1/s1. The van der Waals surface area contributed by atoms with E-state index in [1.165, 1.54) is 0 Å². The number of hydrogen-bond donors (Lipinski definition) is 6. The second-order valence-electron chi connectivity index (χ2n) is 5.70. The van der Waals surface area contributed by atoms with E-state index in [1.807, 2.05) is 5.32 Å². The first-order chi connectivity index (χ1) is 11.8. The summed E-state index contributed by atoms with van der Waals surface area (Å²) in [5, 5.41) is 49.8. The fraction of sp³-hybridized carbons (Fsp3) is 0.833. The van der Waals surface area contributed by atoms with E-state index >= 15 is 0 Å². The van der Waals surface area contributed by atoms with Crippen molar-refractivity contribution in [3.63, 3.8) is 0 Å². The Morgan fingerprint density at radius 1 is 1.38 bits per heavy atom. The molecule has 12 nitrogen and oxygen atoms in total. The maximum absolute atomic E-state index is 14.6. The monoisotopic (exact) mass is 405 g/mol. The largest absolute Gasteiger partial charge is 0.477 e. The zero-order valence-corrected chi connectivity index (χ0v) is 14.5. The van der Waals surface area contributed by atoms with Crippen LogP contribution in [0.2, 0.25) is 0 Å². The molecule has 1 amide bonds. The summed E-state index contributed by atoms with van der Waals surface area (Å²) in [6, 6.07) is -1.80. The van der Waals surface area contributed by atoms with Gasteiger partial charge in [0.25, 0.3) is 10.1 Å². The molecule has 1 fully saturated rings. The van der Waals surface area contributed by atoms with Crippen LogP contribution in [0, 0.1) is 0 Å². The molecule has 152 valence electrons. The molecule has 0 saturated carbocycles. The smallest absolute Gasteiger partial charge is 0.369 e. The summed E-state index contributed by atoms with van der Waals surface area (Å²) in [7, 11) is -4.64. The molecule has 14 heteroatoms. The fourth-order valence-corrected chi connectivity index (χ4v) is 3.10. The third kappa shape index (κ3) is 4.64. The average molecular weight is 405 g/mol. The van der Waals surface area contributed by atoms with Crippen LogP contribution in [-0.4, -0.2) is 101 Å². The van der Waals surface area contributed by atoms with Crippen LogP contribution in [0.1, 0.15) is 6.92 Å². The first-order valence-corrected chi connectivity index (χ1v) is 8.96. The number of hydrogen-bond acceptors (Lipinski definition) is 10. The maximum Gasteiger partial charge on any atom is 0.369 e. The van der Waals surface area contributed by atoms with Gasteiger partial charge in [-0.25, -0.2) is 13.4 Å². The highest BCUT2D eigenvalue weighted by atomic mass is 32.2. The second kappa shape index (κ2) is 8.08. The number of carbonyl (C=O) groups excluding carboxylic acids is 1. The molecule has 0 aromatic heterocycles. The Morgan fingerprint density at radius 2 is 1.92 bits per heavy atom. The van der Waals surface area contributed by atoms with Crippen molar-refractivity contribution in [2.24, 2.45) is 0 Å². The van der Waals surface area contributed by atoms with Gasteiger partial charge in [0.15, 0.2) is 6.17 Å². The molecule has 0 radical (unpaired) electrons. The highest BCUT2D eigenvalue weighted by molar-refractivity contribution is 7.86. The van der Waals surface area contributed by atoms with Crippen LogP contribution in [0.25, 0.3) is 0 Å². The first-order valence-electron chi connectivity index (χ1n) is 7.15. The first kappa shape index (κ1) is 22.6. The van der Waals surface area contributed by atoms with E-state index in [-0.39, 0.29) is 0 Å². The quantitative estimate of drug-likeness (QED) is 0.226. The Hall–Kier alpha value is -1.42. The van der Waals surface area contributed by atoms with Gasteiger partial charge in [-0.15, -0.1) is 0 Å². The van der Waals surface area contributed by atoms with Gasteiger partial charge >= 0.3 is 11.8 Å². The summed E-state index contributed by atoms with van der Waals surface area (Å²) in [6.45, 7) is -0.0894. The van der Waals surface area contributed by atoms with E-state index in [2.05, 4.69) is 4.18 Å². The lowest BCUT2D eigenvalue weighted by Gasteiger charge is -2.47. The molecule has 1 aliphatic rings. The zero-order valence-electron chi connectivity index (χ0n) is 13.6. The van der Waals surface area contributed by atoms with Crippen LogP contribution in [0.15, 0.2) is 0 Å². The number of ether oxygens (including phenoxy) is 1. The molecule has 7 atom stereocenters. The molecule has 0 aliphatic carbocycles. The van der Waals surface area contributed by atoms with Crippen molar-refractivity contribution >= 4 is 22.0 Å². The van der Waals surface area contributed by atoms with E-state index in [1.54, 1.807) is 0 Å². The second-order valence-corrected chi connectivity index (χ2v) is 7.28. The lowest BCUT2D eigenvalue weighted by molar-refractivity contribution is -0.308. The Balaban J connectivity index is 3.45. The van der Waals surface area contributed by atoms with Gasteiger partial charge in [-0.1, -0.05) is 0 Å². The van der Waals surface area contributed by atoms with Crippen LogP contribution in [0.3, 0.4) is 0 Å². The average Bonchev–Trinajstić information content (AvgIpc) is 2.51. The summed E-state index contributed by atoms with van der Waals surface area (Å²) >= 11 is 0. The minimum absolute atomic E-state index is 0.397. The number of carboxylic acids is 1. The van der Waals surface area contributed by atoms with Crippen LogP contribution in [-0.2, 0) is 28.6 Å². The fourth-order valence-electron chi connectivity index (χ4n) is 2.45. The number of halogens is 1. The van der Waals surface area contributed by atoms with E-state index in [4.69, 9.17) is 9.84 Å². The van der Waals surface area contributed by atoms with Gasteiger partial charge in [0.05, 0.1) is 18.9 Å². The molecular formula is C12H20FNO11S. The number of nitrogens with one attached hydrogen (secondary N) is 1. The maximum atomic E-state index is 14.6. The van der Waals surface area contributed by atoms with Crippen LogP contribution in [0.5, 0.6) is 0 Å². The molecule has 0 aromatic carbocycles. The summed E-state index contributed by atoms with van der Waals surface area (Å²) in [5.41, 5.74) is 0. The van der Waals surface area contributed by atoms with Gasteiger partial charge in [0.1, 0.15) is 24.4 Å². The van der Waals surface area contributed by atoms with E-state index < -0.39 is 71.0 Å². The van der Waals surface area contributed by atoms with Crippen LogP contribution < -0.4 is 5.32 Å². The Labute approximate surface area is 147 Å². The number of aliphatic carboxylic acids is 1. The number of alkyl halides is 1. The van der Waals surface area contributed by atoms with Crippen molar-refractivity contribution in [1.82, 2.24) is 5.32 Å². The number of carbonyl (C=O) groups is 2. The van der Waals surface area contributed by atoms with Gasteiger partial charge in [-0.3, -0.25) is 4.79 Å². The minimum Gasteiger partial charge on any atom is -0.477 e. The van der Waals surface area contributed by atoms with Crippen molar-refractivity contribution in [1.29, 1.82) is 0 Å². The molecule has 0 bridgehead atoms. The summed E-state index contributed by atoms with van der Waals surface area (Å²) in [6.07, 6.45) is -11.2. The normalized spacial score (nSPS) is 34.7. The summed E-state index contributed by atoms with van der Waals surface area (Å²) in [4.78, 5) is 22.8. The third-order valence-corrected chi connectivity index (χ3v) is 4.11. The topological polar surface area (TPSA) is 200 Å². The Bertz CT molecular complexity index is 643. The highest BCUT2D eigenvalue weighted by Crippen LogP contribution is 2.36. The Kier molecular flexibility index (Phi) is 7.03. The van der Waals surface area contributed by atoms with Crippen molar-refractivity contribution in [2.75, 3.05) is 12.9 Å². The van der Waals surface area contributed by atoms with E-state index in [9.17, 15) is 42.8 Å². The van der Waals surface area contributed by atoms with Gasteiger partial charge in [0.2, 0.25) is 5.91 Å². The molecule has 1 aliphatic heterocycles. The minimum atomic E-state index is -4.64. The van der Waals surface area contributed by atoms with Gasteiger partial charge in [-0.2, -0.15) is 8.42 Å². The lowest BCUT2D eigenvalue weighted by atomic mass is 9.87. The molecule has 26 heavy (non-hydrogen) atoms. The molecule has 0 aromatic rings. The lowest BCUT2D eigenvalue weighted by Crippen LogP contribution is -2.73. The van der Waals surface area contributed by atoms with Gasteiger partial charge in [-0.05, 0) is 0 Å². The predicted octanol–water partition coefficient (Wildman–Crippen LogP) is -3.94. The van der Waals surface area contributed by atoms with Crippen molar-refractivity contribution in [3.05, 3.63) is 0 Å². The van der Waals surface area contributed by atoms with E-state index in [0.717, 1.165) is 6.92 Å². The molecule has 1 heterocycles. The van der Waals surface area contributed by atoms with E-state index in [0.29, 0.717) is 6.26 Å². The molecule has 0 spiro atoms. The number of aliphatic hydroxyl groups excluding tert-OH is 4. The number of carboxylic acid groups (broad SMARTS) is 1. The number of aliphatic hydroxyl groups is 4.